The monoisotopic (exact) mass is 386 g/mol. The van der Waals surface area contributed by atoms with Crippen LogP contribution in [0, 0.1) is 5.82 Å². The molecule has 0 aliphatic heterocycles. The summed E-state index contributed by atoms with van der Waals surface area (Å²) in [5, 5.41) is 0. The molecule has 0 unspecified atom stereocenters. The number of rotatable bonds is 3. The first-order chi connectivity index (χ1) is 8.97. The number of nitrogens with two attached hydrogens (primary N) is 1. The molecule has 0 aromatic heterocycles. The second-order valence-corrected chi connectivity index (χ2v) is 6.13. The van der Waals surface area contributed by atoms with Crippen molar-refractivity contribution < 1.29 is 4.39 Å². The highest BCUT2D eigenvalue weighted by atomic mass is 79.9. The minimum Gasteiger partial charge on any atom is -0.397 e. The van der Waals surface area contributed by atoms with Gasteiger partial charge in [-0.25, -0.2) is 4.39 Å². The summed E-state index contributed by atoms with van der Waals surface area (Å²) in [7, 11) is 1.89. The highest BCUT2D eigenvalue weighted by Gasteiger charge is 2.10. The third kappa shape index (κ3) is 3.48. The molecule has 100 valence electrons. The Morgan fingerprint density at radius 3 is 2.42 bits per heavy atom. The maximum absolute atomic E-state index is 13.7. The van der Waals surface area contributed by atoms with Crippen LogP contribution >= 0.6 is 31.9 Å². The SMILES string of the molecule is CN(Cc1cc(Br)ccc1F)c1ccc(Br)cc1N. The topological polar surface area (TPSA) is 29.3 Å². The van der Waals surface area contributed by atoms with Crippen molar-refractivity contribution in [2.75, 3.05) is 17.7 Å². The quantitative estimate of drug-likeness (QED) is 0.781. The van der Waals surface area contributed by atoms with Crippen molar-refractivity contribution >= 4 is 43.2 Å². The summed E-state index contributed by atoms with van der Waals surface area (Å²) in [4.78, 5) is 1.92. The summed E-state index contributed by atoms with van der Waals surface area (Å²) in [5.41, 5.74) is 8.13. The van der Waals surface area contributed by atoms with Gasteiger partial charge in [0, 0.05) is 28.1 Å². The van der Waals surface area contributed by atoms with Crippen molar-refractivity contribution in [1.29, 1.82) is 0 Å². The molecule has 0 radical (unpaired) electrons. The van der Waals surface area contributed by atoms with Crippen molar-refractivity contribution in [3.8, 4) is 0 Å². The van der Waals surface area contributed by atoms with Gasteiger partial charge >= 0.3 is 0 Å². The molecule has 0 atom stereocenters. The van der Waals surface area contributed by atoms with Gasteiger partial charge in [-0.1, -0.05) is 31.9 Å². The first kappa shape index (κ1) is 14.3. The van der Waals surface area contributed by atoms with Gasteiger partial charge in [-0.2, -0.15) is 0 Å². The van der Waals surface area contributed by atoms with Gasteiger partial charge in [0.1, 0.15) is 5.82 Å². The molecule has 2 N–H and O–H groups in total. The maximum Gasteiger partial charge on any atom is 0.128 e. The van der Waals surface area contributed by atoms with Crippen LogP contribution in [0.2, 0.25) is 0 Å². The summed E-state index contributed by atoms with van der Waals surface area (Å²) in [6, 6.07) is 10.6. The van der Waals surface area contributed by atoms with E-state index in [-0.39, 0.29) is 5.82 Å². The lowest BCUT2D eigenvalue weighted by molar-refractivity contribution is 0.607. The van der Waals surface area contributed by atoms with E-state index in [1.807, 2.05) is 30.1 Å². The van der Waals surface area contributed by atoms with Crippen molar-refractivity contribution in [3.63, 3.8) is 0 Å². The number of benzene rings is 2. The predicted octanol–water partition coefficient (Wildman–Crippen LogP) is 4.57. The van der Waals surface area contributed by atoms with E-state index >= 15 is 0 Å². The Morgan fingerprint density at radius 1 is 1.11 bits per heavy atom. The third-order valence-electron chi connectivity index (χ3n) is 2.82. The number of nitrogen functional groups attached to an aromatic ring is 1. The Hall–Kier alpha value is -1.07. The van der Waals surface area contributed by atoms with E-state index in [0.29, 0.717) is 17.8 Å². The number of hydrogen-bond acceptors (Lipinski definition) is 2. The zero-order valence-corrected chi connectivity index (χ0v) is 13.5. The third-order valence-corrected chi connectivity index (χ3v) is 3.80. The fraction of sp³-hybridized carbons (Fsp3) is 0.143. The van der Waals surface area contributed by atoms with Crippen molar-refractivity contribution in [2.45, 2.75) is 6.54 Å². The molecule has 0 bridgehead atoms. The van der Waals surface area contributed by atoms with Gasteiger partial charge in [0.25, 0.3) is 0 Å². The smallest absolute Gasteiger partial charge is 0.128 e. The molecule has 5 heteroatoms. The van der Waals surface area contributed by atoms with Crippen LogP contribution < -0.4 is 10.6 Å². The van der Waals surface area contributed by atoms with Gasteiger partial charge in [0.2, 0.25) is 0 Å². The molecule has 0 aliphatic carbocycles. The second kappa shape index (κ2) is 5.92. The molecule has 0 fully saturated rings. The van der Waals surface area contributed by atoms with Gasteiger partial charge < -0.3 is 10.6 Å². The van der Waals surface area contributed by atoms with Crippen LogP contribution in [0.3, 0.4) is 0 Å². The summed E-state index contributed by atoms with van der Waals surface area (Å²) < 4.78 is 15.5. The van der Waals surface area contributed by atoms with Crippen LogP contribution in [-0.4, -0.2) is 7.05 Å². The van der Waals surface area contributed by atoms with Gasteiger partial charge in [0.15, 0.2) is 0 Å². The first-order valence-corrected chi connectivity index (χ1v) is 7.26. The van der Waals surface area contributed by atoms with Crippen LogP contribution in [0.1, 0.15) is 5.56 Å². The van der Waals surface area contributed by atoms with Crippen LogP contribution in [0.4, 0.5) is 15.8 Å². The lowest BCUT2D eigenvalue weighted by Crippen LogP contribution is -2.18. The molecule has 0 heterocycles. The van der Waals surface area contributed by atoms with E-state index < -0.39 is 0 Å². The number of nitrogens with zero attached hydrogens (tertiary/aromatic N) is 1. The zero-order chi connectivity index (χ0) is 14.0. The molecule has 2 rings (SSSR count). The molecule has 19 heavy (non-hydrogen) atoms. The van der Waals surface area contributed by atoms with Crippen LogP contribution in [0.5, 0.6) is 0 Å². The van der Waals surface area contributed by atoms with Crippen LogP contribution in [-0.2, 0) is 6.54 Å². The first-order valence-electron chi connectivity index (χ1n) is 5.67. The van der Waals surface area contributed by atoms with E-state index in [9.17, 15) is 4.39 Å². The minimum atomic E-state index is -0.217. The molecule has 2 aromatic carbocycles. The van der Waals surface area contributed by atoms with E-state index in [0.717, 1.165) is 14.6 Å². The molecule has 0 spiro atoms. The molecule has 2 nitrogen and oxygen atoms in total. The van der Waals surface area contributed by atoms with Gasteiger partial charge in [-0.15, -0.1) is 0 Å². The van der Waals surface area contributed by atoms with Crippen LogP contribution in [0.15, 0.2) is 45.3 Å². The Labute approximate surface area is 128 Å². The van der Waals surface area contributed by atoms with Gasteiger partial charge in [-0.05, 0) is 36.4 Å². The normalized spacial score (nSPS) is 10.5. The Kier molecular flexibility index (Phi) is 4.47. The Balaban J connectivity index is 2.25. The summed E-state index contributed by atoms with van der Waals surface area (Å²) >= 11 is 6.72. The van der Waals surface area contributed by atoms with Crippen molar-refractivity contribution in [3.05, 3.63) is 56.7 Å². The molecule has 0 saturated heterocycles. The number of anilines is 2. The standard InChI is InChI=1S/C14H13Br2FN2/c1-19(14-5-3-11(16)7-13(14)18)8-9-6-10(15)2-4-12(9)17/h2-7H,8,18H2,1H3. The van der Waals surface area contributed by atoms with Crippen LogP contribution in [0.25, 0.3) is 0 Å². The molecule has 0 saturated carbocycles. The van der Waals surface area contributed by atoms with Crippen molar-refractivity contribution in [1.82, 2.24) is 0 Å². The zero-order valence-electron chi connectivity index (χ0n) is 10.3. The number of halogens is 3. The molecule has 0 aliphatic rings. The predicted molar refractivity (Wildman–Crippen MR) is 84.8 cm³/mol. The van der Waals surface area contributed by atoms with Gasteiger partial charge in [-0.3, -0.25) is 0 Å². The van der Waals surface area contributed by atoms with E-state index in [1.54, 1.807) is 12.1 Å². The van der Waals surface area contributed by atoms with Crippen molar-refractivity contribution in [2.24, 2.45) is 0 Å². The average molecular weight is 388 g/mol. The maximum atomic E-state index is 13.7. The summed E-state index contributed by atoms with van der Waals surface area (Å²) in [6.07, 6.45) is 0. The lowest BCUT2D eigenvalue weighted by Gasteiger charge is -2.21. The lowest BCUT2D eigenvalue weighted by atomic mass is 10.2. The largest absolute Gasteiger partial charge is 0.397 e. The molecular weight excluding hydrogens is 375 g/mol. The summed E-state index contributed by atoms with van der Waals surface area (Å²) in [5.74, 6) is -0.217. The molecule has 2 aromatic rings. The van der Waals surface area contributed by atoms with E-state index in [1.165, 1.54) is 6.07 Å². The van der Waals surface area contributed by atoms with Gasteiger partial charge in [0.05, 0.1) is 11.4 Å². The fourth-order valence-electron chi connectivity index (χ4n) is 1.88. The average Bonchev–Trinajstić information content (AvgIpc) is 2.33. The summed E-state index contributed by atoms with van der Waals surface area (Å²) in [6.45, 7) is 0.455. The Morgan fingerprint density at radius 2 is 1.74 bits per heavy atom. The molecule has 0 amide bonds. The minimum absolute atomic E-state index is 0.217. The Bertz CT molecular complexity index is 602. The highest BCUT2D eigenvalue weighted by Crippen LogP contribution is 2.27. The molecular formula is C14H13Br2FN2. The van der Waals surface area contributed by atoms with E-state index in [2.05, 4.69) is 31.9 Å². The fourth-order valence-corrected chi connectivity index (χ4v) is 2.67. The highest BCUT2D eigenvalue weighted by molar-refractivity contribution is 9.10. The van der Waals surface area contributed by atoms with E-state index in [4.69, 9.17) is 5.73 Å². The second-order valence-electron chi connectivity index (χ2n) is 4.29. The number of hydrogen-bond donors (Lipinski definition) is 1.